The number of aliphatic hydroxyl groups is 1. The third kappa shape index (κ3) is 4.40. The Morgan fingerprint density at radius 3 is 2.47 bits per heavy atom. The molecule has 0 aromatic heterocycles. The predicted octanol–water partition coefficient (Wildman–Crippen LogP) is 2.34. The monoisotopic (exact) mass is 267 g/mol. The van der Waals surface area contributed by atoms with Gasteiger partial charge in [0.25, 0.3) is 0 Å². The van der Waals surface area contributed by atoms with Crippen LogP contribution in [0.2, 0.25) is 0 Å². The highest BCUT2D eigenvalue weighted by atomic mass is 16.5. The third-order valence-corrected chi connectivity index (χ3v) is 3.45. The van der Waals surface area contributed by atoms with Crippen molar-refractivity contribution in [2.45, 2.75) is 38.8 Å². The molecule has 4 heteroatoms. The van der Waals surface area contributed by atoms with E-state index in [1.54, 1.807) is 7.11 Å². The number of benzene rings is 1. The smallest absolute Gasteiger partial charge is 0.127 e. The predicted molar refractivity (Wildman–Crippen MR) is 76.8 cm³/mol. The minimum atomic E-state index is -0.764. The highest BCUT2D eigenvalue weighted by Crippen LogP contribution is 2.26. The molecule has 2 N–H and O–H groups in total. The van der Waals surface area contributed by atoms with Gasteiger partial charge in [0, 0.05) is 18.2 Å². The van der Waals surface area contributed by atoms with E-state index in [-0.39, 0.29) is 0 Å². The molecular formula is C15H25NO3. The first-order valence-corrected chi connectivity index (χ1v) is 6.75. The van der Waals surface area contributed by atoms with Gasteiger partial charge in [-0.05, 0) is 26.0 Å². The number of hydrogen-bond donors (Lipinski definition) is 2. The van der Waals surface area contributed by atoms with Crippen LogP contribution in [0.15, 0.2) is 18.2 Å². The number of hydrogen-bond acceptors (Lipinski definition) is 4. The molecule has 0 aliphatic carbocycles. The summed E-state index contributed by atoms with van der Waals surface area (Å²) in [4.78, 5) is 0. The van der Waals surface area contributed by atoms with Gasteiger partial charge in [0.15, 0.2) is 0 Å². The molecule has 0 amide bonds. The number of methoxy groups -OCH3 is 1. The lowest BCUT2D eigenvalue weighted by atomic mass is 9.99. The van der Waals surface area contributed by atoms with Crippen molar-refractivity contribution in [1.82, 2.24) is 5.32 Å². The molecule has 0 aliphatic rings. The summed E-state index contributed by atoms with van der Waals surface area (Å²) in [7, 11) is 3.52. The van der Waals surface area contributed by atoms with Gasteiger partial charge < -0.3 is 19.9 Å². The highest BCUT2D eigenvalue weighted by molar-refractivity contribution is 5.40. The van der Waals surface area contributed by atoms with Gasteiger partial charge in [0.05, 0.1) is 12.7 Å². The molecule has 1 rings (SSSR count). The Morgan fingerprint density at radius 2 is 1.95 bits per heavy atom. The zero-order valence-corrected chi connectivity index (χ0v) is 12.3. The molecule has 0 unspecified atom stereocenters. The molecule has 1 aromatic carbocycles. The molecule has 0 aliphatic heterocycles. The first kappa shape index (κ1) is 15.8. The van der Waals surface area contributed by atoms with E-state index in [9.17, 15) is 5.11 Å². The Balaban J connectivity index is 2.85. The summed E-state index contributed by atoms with van der Waals surface area (Å²) < 4.78 is 11.0. The summed E-state index contributed by atoms with van der Waals surface area (Å²) in [6.07, 6.45) is 1.35. The topological polar surface area (TPSA) is 50.7 Å². The maximum atomic E-state index is 10.3. The van der Waals surface area contributed by atoms with E-state index in [4.69, 9.17) is 9.47 Å². The lowest BCUT2D eigenvalue weighted by molar-refractivity contribution is -0.0116. The zero-order chi connectivity index (χ0) is 14.3. The van der Waals surface area contributed by atoms with Crippen molar-refractivity contribution in [3.8, 4) is 11.5 Å². The number of rotatable bonds is 8. The van der Waals surface area contributed by atoms with Crippen LogP contribution in [0.4, 0.5) is 0 Å². The van der Waals surface area contributed by atoms with E-state index in [2.05, 4.69) is 5.32 Å². The van der Waals surface area contributed by atoms with Crippen LogP contribution in [-0.4, -0.2) is 31.5 Å². The summed E-state index contributed by atoms with van der Waals surface area (Å²) in [5.41, 5.74) is 0.290. The van der Waals surface area contributed by atoms with Gasteiger partial charge >= 0.3 is 0 Å². The fourth-order valence-electron chi connectivity index (χ4n) is 1.80. The molecule has 1 aromatic rings. The molecule has 0 bridgehead atoms. The largest absolute Gasteiger partial charge is 0.497 e. The van der Waals surface area contributed by atoms with Gasteiger partial charge in [0.2, 0.25) is 0 Å². The Morgan fingerprint density at radius 1 is 1.26 bits per heavy atom. The van der Waals surface area contributed by atoms with E-state index in [0.717, 1.165) is 23.6 Å². The Kier molecular flexibility index (Phi) is 6.12. The van der Waals surface area contributed by atoms with Crippen LogP contribution in [0, 0.1) is 0 Å². The number of nitrogens with one attached hydrogen (secondary N) is 1. The maximum Gasteiger partial charge on any atom is 0.127 e. The molecule has 108 valence electrons. The van der Waals surface area contributed by atoms with Crippen molar-refractivity contribution < 1.29 is 14.6 Å². The van der Waals surface area contributed by atoms with Crippen LogP contribution in [0.25, 0.3) is 0 Å². The molecule has 4 nitrogen and oxygen atoms in total. The van der Waals surface area contributed by atoms with Crippen molar-refractivity contribution in [3.05, 3.63) is 23.8 Å². The van der Waals surface area contributed by atoms with E-state index < -0.39 is 5.60 Å². The molecule has 0 radical (unpaired) electrons. The average Bonchev–Trinajstić information content (AvgIpc) is 2.46. The molecule has 0 saturated carbocycles. The minimum absolute atomic E-state index is 0.296. The average molecular weight is 267 g/mol. The SMILES string of the molecule is CCC(O)(CC)COc1cc(OC)ccc1CNC. The van der Waals surface area contributed by atoms with Crippen molar-refractivity contribution in [2.24, 2.45) is 0 Å². The summed E-state index contributed by atoms with van der Waals surface area (Å²) >= 11 is 0. The van der Waals surface area contributed by atoms with Crippen LogP contribution >= 0.6 is 0 Å². The van der Waals surface area contributed by atoms with Crippen molar-refractivity contribution in [3.63, 3.8) is 0 Å². The van der Waals surface area contributed by atoms with Crippen LogP contribution in [0.3, 0.4) is 0 Å². The summed E-state index contributed by atoms with van der Waals surface area (Å²) in [6.45, 7) is 4.94. The van der Waals surface area contributed by atoms with E-state index in [0.29, 0.717) is 19.4 Å². The molecule has 0 atom stereocenters. The number of ether oxygens (including phenoxy) is 2. The van der Waals surface area contributed by atoms with Gasteiger partial charge in [-0.25, -0.2) is 0 Å². The fourth-order valence-corrected chi connectivity index (χ4v) is 1.80. The van der Waals surface area contributed by atoms with Crippen molar-refractivity contribution in [1.29, 1.82) is 0 Å². The minimum Gasteiger partial charge on any atom is -0.497 e. The second-order valence-electron chi connectivity index (χ2n) is 4.72. The van der Waals surface area contributed by atoms with Crippen LogP contribution in [0.1, 0.15) is 32.3 Å². The zero-order valence-electron chi connectivity index (χ0n) is 12.3. The van der Waals surface area contributed by atoms with Gasteiger partial charge in [-0.2, -0.15) is 0 Å². The third-order valence-electron chi connectivity index (χ3n) is 3.45. The maximum absolute atomic E-state index is 10.3. The van der Waals surface area contributed by atoms with Crippen LogP contribution in [-0.2, 0) is 6.54 Å². The quantitative estimate of drug-likeness (QED) is 0.759. The van der Waals surface area contributed by atoms with Crippen LogP contribution < -0.4 is 14.8 Å². The van der Waals surface area contributed by atoms with Crippen molar-refractivity contribution >= 4 is 0 Å². The second kappa shape index (κ2) is 7.36. The first-order chi connectivity index (χ1) is 9.08. The highest BCUT2D eigenvalue weighted by Gasteiger charge is 2.23. The molecule has 0 saturated heterocycles. The van der Waals surface area contributed by atoms with E-state index in [1.165, 1.54) is 0 Å². The van der Waals surface area contributed by atoms with Gasteiger partial charge in [0.1, 0.15) is 18.1 Å². The Bertz CT molecular complexity index is 389. The van der Waals surface area contributed by atoms with E-state index in [1.807, 2.05) is 39.1 Å². The lowest BCUT2D eigenvalue weighted by Crippen LogP contribution is -2.34. The first-order valence-electron chi connectivity index (χ1n) is 6.75. The van der Waals surface area contributed by atoms with Crippen LogP contribution in [0.5, 0.6) is 11.5 Å². The summed E-state index contributed by atoms with van der Waals surface area (Å²) in [5.74, 6) is 1.51. The van der Waals surface area contributed by atoms with E-state index >= 15 is 0 Å². The molecule has 0 heterocycles. The standard InChI is InChI=1S/C15H25NO3/c1-5-15(17,6-2)11-19-14-9-13(18-4)8-7-12(14)10-16-3/h7-9,16-17H,5-6,10-11H2,1-4H3. The Hall–Kier alpha value is -1.26. The second-order valence-corrected chi connectivity index (χ2v) is 4.72. The molecule has 19 heavy (non-hydrogen) atoms. The Labute approximate surface area is 115 Å². The lowest BCUT2D eigenvalue weighted by Gasteiger charge is -2.26. The van der Waals surface area contributed by atoms with Crippen molar-refractivity contribution in [2.75, 3.05) is 20.8 Å². The molecule has 0 spiro atoms. The normalized spacial score (nSPS) is 11.4. The van der Waals surface area contributed by atoms with Gasteiger partial charge in [-0.15, -0.1) is 0 Å². The molecular weight excluding hydrogens is 242 g/mol. The summed E-state index contributed by atoms with van der Waals surface area (Å²) in [6, 6.07) is 5.74. The summed E-state index contributed by atoms with van der Waals surface area (Å²) in [5, 5.41) is 13.4. The molecule has 0 fully saturated rings. The van der Waals surface area contributed by atoms with Gasteiger partial charge in [-0.3, -0.25) is 0 Å². The van der Waals surface area contributed by atoms with Gasteiger partial charge in [-0.1, -0.05) is 19.9 Å². The fraction of sp³-hybridized carbons (Fsp3) is 0.600.